The lowest BCUT2D eigenvalue weighted by molar-refractivity contribution is 0.278. The Hall–Kier alpha value is -2.05. The Bertz CT molecular complexity index is 602. The van der Waals surface area contributed by atoms with Gasteiger partial charge in [-0.25, -0.2) is 9.97 Å². The molecule has 0 saturated carbocycles. The second-order valence-corrected chi connectivity index (χ2v) is 4.55. The van der Waals surface area contributed by atoms with Gasteiger partial charge in [0.25, 0.3) is 0 Å². The standard InChI is InChI=1S/C14H18N4O2/c1-9-14(20)13(11(8-19)5-17-9)7-15-6-12-3-4-16-10(2)18-12/h3-5,15,19-20H,6-8H2,1-2H3. The van der Waals surface area contributed by atoms with Crippen LogP contribution < -0.4 is 5.32 Å². The van der Waals surface area contributed by atoms with Crippen LogP contribution in [0.15, 0.2) is 18.5 Å². The minimum absolute atomic E-state index is 0.128. The highest BCUT2D eigenvalue weighted by Crippen LogP contribution is 2.23. The minimum Gasteiger partial charge on any atom is -0.506 e. The lowest BCUT2D eigenvalue weighted by Crippen LogP contribution is -2.16. The van der Waals surface area contributed by atoms with Gasteiger partial charge in [-0.1, -0.05) is 0 Å². The SMILES string of the molecule is Cc1nccc(CNCc2c(CO)cnc(C)c2O)n1. The number of nitrogens with one attached hydrogen (secondary N) is 1. The van der Waals surface area contributed by atoms with Crippen LogP contribution in [-0.2, 0) is 19.7 Å². The van der Waals surface area contributed by atoms with E-state index in [-0.39, 0.29) is 12.4 Å². The quantitative estimate of drug-likeness (QED) is 0.752. The van der Waals surface area contributed by atoms with Crippen LogP contribution in [0, 0.1) is 13.8 Å². The van der Waals surface area contributed by atoms with Crippen molar-refractivity contribution in [3.05, 3.63) is 46.8 Å². The number of nitrogens with zero attached hydrogens (tertiary/aromatic N) is 3. The fourth-order valence-electron chi connectivity index (χ4n) is 1.94. The summed E-state index contributed by atoms with van der Waals surface area (Å²) in [5, 5.41) is 22.5. The summed E-state index contributed by atoms with van der Waals surface area (Å²) in [6.45, 7) is 4.42. The molecule has 0 aromatic carbocycles. The Morgan fingerprint density at radius 1 is 1.20 bits per heavy atom. The van der Waals surface area contributed by atoms with Crippen LogP contribution in [0.5, 0.6) is 5.75 Å². The number of hydrogen-bond acceptors (Lipinski definition) is 6. The molecule has 0 radical (unpaired) electrons. The van der Waals surface area contributed by atoms with Crippen molar-refractivity contribution in [2.45, 2.75) is 33.5 Å². The Morgan fingerprint density at radius 2 is 2.00 bits per heavy atom. The summed E-state index contributed by atoms with van der Waals surface area (Å²) >= 11 is 0. The highest BCUT2D eigenvalue weighted by molar-refractivity contribution is 5.40. The normalized spacial score (nSPS) is 10.8. The van der Waals surface area contributed by atoms with E-state index in [0.29, 0.717) is 29.9 Å². The van der Waals surface area contributed by atoms with Crippen LogP contribution in [0.4, 0.5) is 0 Å². The maximum atomic E-state index is 10.0. The van der Waals surface area contributed by atoms with Crippen LogP contribution in [0.2, 0.25) is 0 Å². The summed E-state index contributed by atoms with van der Waals surface area (Å²) in [4.78, 5) is 12.4. The molecule has 0 aliphatic rings. The van der Waals surface area contributed by atoms with Crippen molar-refractivity contribution in [1.29, 1.82) is 0 Å². The molecule has 0 aliphatic carbocycles. The third kappa shape index (κ3) is 3.28. The molecule has 0 saturated heterocycles. The number of aliphatic hydroxyl groups excluding tert-OH is 1. The van der Waals surface area contributed by atoms with E-state index in [1.54, 1.807) is 19.3 Å². The van der Waals surface area contributed by atoms with Crippen molar-refractivity contribution in [3.8, 4) is 5.75 Å². The Labute approximate surface area is 117 Å². The largest absolute Gasteiger partial charge is 0.506 e. The Morgan fingerprint density at radius 3 is 2.70 bits per heavy atom. The van der Waals surface area contributed by atoms with Crippen molar-refractivity contribution in [2.75, 3.05) is 0 Å². The smallest absolute Gasteiger partial charge is 0.141 e. The van der Waals surface area contributed by atoms with E-state index in [0.717, 1.165) is 11.5 Å². The summed E-state index contributed by atoms with van der Waals surface area (Å²) in [7, 11) is 0. The number of aliphatic hydroxyl groups is 1. The van der Waals surface area contributed by atoms with E-state index in [9.17, 15) is 10.2 Å². The van der Waals surface area contributed by atoms with Gasteiger partial charge in [-0.2, -0.15) is 0 Å². The lowest BCUT2D eigenvalue weighted by Gasteiger charge is -2.12. The van der Waals surface area contributed by atoms with E-state index in [2.05, 4.69) is 20.3 Å². The first-order valence-electron chi connectivity index (χ1n) is 6.38. The molecule has 0 atom stereocenters. The highest BCUT2D eigenvalue weighted by Gasteiger charge is 2.10. The van der Waals surface area contributed by atoms with Gasteiger partial charge in [-0.05, 0) is 19.9 Å². The van der Waals surface area contributed by atoms with Gasteiger partial charge >= 0.3 is 0 Å². The van der Waals surface area contributed by atoms with E-state index >= 15 is 0 Å². The third-order valence-corrected chi connectivity index (χ3v) is 3.04. The average molecular weight is 274 g/mol. The second kappa shape index (κ2) is 6.40. The van der Waals surface area contributed by atoms with Crippen molar-refractivity contribution in [1.82, 2.24) is 20.3 Å². The third-order valence-electron chi connectivity index (χ3n) is 3.04. The number of aromatic nitrogens is 3. The Balaban J connectivity index is 2.06. The maximum absolute atomic E-state index is 10.0. The van der Waals surface area contributed by atoms with Crippen molar-refractivity contribution < 1.29 is 10.2 Å². The number of pyridine rings is 1. The maximum Gasteiger partial charge on any atom is 0.141 e. The molecule has 0 unspecified atom stereocenters. The fraction of sp³-hybridized carbons (Fsp3) is 0.357. The van der Waals surface area contributed by atoms with Gasteiger partial charge in [0.05, 0.1) is 18.0 Å². The summed E-state index contributed by atoms with van der Waals surface area (Å²) in [6.07, 6.45) is 3.30. The van der Waals surface area contributed by atoms with Gasteiger partial charge in [-0.3, -0.25) is 4.98 Å². The van der Waals surface area contributed by atoms with Crippen molar-refractivity contribution >= 4 is 0 Å². The molecule has 2 heterocycles. The Kier molecular flexibility index (Phi) is 4.60. The molecular formula is C14H18N4O2. The monoisotopic (exact) mass is 274 g/mol. The predicted molar refractivity (Wildman–Crippen MR) is 73.9 cm³/mol. The summed E-state index contributed by atoms with van der Waals surface area (Å²) < 4.78 is 0. The molecular weight excluding hydrogens is 256 g/mol. The van der Waals surface area contributed by atoms with Crippen molar-refractivity contribution in [3.63, 3.8) is 0 Å². The predicted octanol–water partition coefficient (Wildman–Crippen LogP) is 0.976. The van der Waals surface area contributed by atoms with Gasteiger partial charge in [0.1, 0.15) is 11.6 Å². The number of rotatable bonds is 5. The van der Waals surface area contributed by atoms with E-state index in [1.165, 1.54) is 0 Å². The molecule has 6 heteroatoms. The van der Waals surface area contributed by atoms with E-state index in [1.807, 2.05) is 13.0 Å². The first-order chi connectivity index (χ1) is 9.61. The summed E-state index contributed by atoms with van der Waals surface area (Å²) in [6, 6.07) is 1.84. The molecule has 2 aromatic heterocycles. The molecule has 0 amide bonds. The zero-order chi connectivity index (χ0) is 14.5. The molecule has 0 bridgehead atoms. The summed E-state index contributed by atoms with van der Waals surface area (Å²) in [5.41, 5.74) is 2.73. The molecule has 6 nitrogen and oxygen atoms in total. The minimum atomic E-state index is -0.148. The second-order valence-electron chi connectivity index (χ2n) is 4.55. The summed E-state index contributed by atoms with van der Waals surface area (Å²) in [5.74, 6) is 0.853. The number of aryl methyl sites for hydroxylation is 2. The molecule has 0 fully saturated rings. The van der Waals surface area contributed by atoms with Crippen LogP contribution in [0.3, 0.4) is 0 Å². The molecule has 3 N–H and O–H groups in total. The molecule has 106 valence electrons. The lowest BCUT2D eigenvalue weighted by atomic mass is 10.1. The first-order valence-corrected chi connectivity index (χ1v) is 6.38. The van der Waals surface area contributed by atoms with Gasteiger partial charge in [-0.15, -0.1) is 0 Å². The number of hydrogen-bond donors (Lipinski definition) is 3. The van der Waals surface area contributed by atoms with Crippen LogP contribution in [-0.4, -0.2) is 25.2 Å². The topological polar surface area (TPSA) is 91.2 Å². The highest BCUT2D eigenvalue weighted by atomic mass is 16.3. The molecule has 0 aliphatic heterocycles. The van der Waals surface area contributed by atoms with Gasteiger partial charge < -0.3 is 15.5 Å². The molecule has 2 aromatic rings. The fourth-order valence-corrected chi connectivity index (χ4v) is 1.94. The van der Waals surface area contributed by atoms with Crippen LogP contribution >= 0.6 is 0 Å². The van der Waals surface area contributed by atoms with Crippen LogP contribution in [0.25, 0.3) is 0 Å². The zero-order valence-corrected chi connectivity index (χ0v) is 11.6. The average Bonchev–Trinajstić information content (AvgIpc) is 2.44. The van der Waals surface area contributed by atoms with Gasteiger partial charge in [0.15, 0.2) is 0 Å². The molecule has 0 spiro atoms. The van der Waals surface area contributed by atoms with E-state index < -0.39 is 0 Å². The van der Waals surface area contributed by atoms with E-state index in [4.69, 9.17) is 0 Å². The first kappa shape index (κ1) is 14.4. The number of aromatic hydroxyl groups is 1. The van der Waals surface area contributed by atoms with Crippen LogP contribution in [0.1, 0.15) is 28.3 Å². The molecule has 20 heavy (non-hydrogen) atoms. The van der Waals surface area contributed by atoms with Gasteiger partial charge in [0, 0.05) is 36.6 Å². The van der Waals surface area contributed by atoms with Gasteiger partial charge in [0.2, 0.25) is 0 Å². The zero-order valence-electron chi connectivity index (χ0n) is 11.6. The molecule has 2 rings (SSSR count). The van der Waals surface area contributed by atoms with Crippen molar-refractivity contribution in [2.24, 2.45) is 0 Å².